The molecule has 21 heavy (non-hydrogen) atoms. The SMILES string of the molecule is CC[C@H](C)NC(=O)CCc1nc(-c2ccc(Cl)cc2)no1. The van der Waals surface area contributed by atoms with Crippen LogP contribution in [-0.2, 0) is 11.2 Å². The summed E-state index contributed by atoms with van der Waals surface area (Å²) in [5, 5.41) is 7.47. The quantitative estimate of drug-likeness (QED) is 0.889. The molecule has 1 atom stereocenters. The first-order valence-electron chi connectivity index (χ1n) is 6.96. The van der Waals surface area contributed by atoms with Crippen LogP contribution in [0.5, 0.6) is 0 Å². The number of nitrogens with one attached hydrogen (secondary N) is 1. The number of carbonyl (C=O) groups excluding carboxylic acids is 1. The van der Waals surface area contributed by atoms with Crippen LogP contribution in [0.1, 0.15) is 32.6 Å². The van der Waals surface area contributed by atoms with E-state index >= 15 is 0 Å². The van der Waals surface area contributed by atoms with Gasteiger partial charge in [-0.3, -0.25) is 4.79 Å². The van der Waals surface area contributed by atoms with Crippen LogP contribution in [0, 0.1) is 0 Å². The Labute approximate surface area is 128 Å². The number of rotatable bonds is 6. The molecule has 1 N–H and O–H groups in total. The molecule has 0 spiro atoms. The minimum atomic E-state index is -0.00408. The van der Waals surface area contributed by atoms with E-state index in [-0.39, 0.29) is 11.9 Å². The summed E-state index contributed by atoms with van der Waals surface area (Å²) in [6.45, 7) is 4.00. The van der Waals surface area contributed by atoms with E-state index in [1.807, 2.05) is 26.0 Å². The van der Waals surface area contributed by atoms with Crippen molar-refractivity contribution < 1.29 is 9.32 Å². The number of carbonyl (C=O) groups is 1. The highest BCUT2D eigenvalue weighted by Gasteiger charge is 2.11. The van der Waals surface area contributed by atoms with Gasteiger partial charge in [0.25, 0.3) is 0 Å². The maximum atomic E-state index is 11.7. The van der Waals surface area contributed by atoms with E-state index in [4.69, 9.17) is 16.1 Å². The van der Waals surface area contributed by atoms with Gasteiger partial charge in [-0.05, 0) is 37.6 Å². The molecule has 2 aromatic rings. The normalized spacial score (nSPS) is 12.1. The molecule has 112 valence electrons. The smallest absolute Gasteiger partial charge is 0.227 e. The number of aromatic nitrogens is 2. The van der Waals surface area contributed by atoms with E-state index in [0.717, 1.165) is 12.0 Å². The predicted molar refractivity (Wildman–Crippen MR) is 81.0 cm³/mol. The number of amides is 1. The van der Waals surface area contributed by atoms with E-state index in [0.29, 0.717) is 29.6 Å². The highest BCUT2D eigenvalue weighted by atomic mass is 35.5. The second kappa shape index (κ2) is 7.22. The third-order valence-electron chi connectivity index (χ3n) is 3.16. The van der Waals surface area contributed by atoms with E-state index in [2.05, 4.69) is 15.5 Å². The molecule has 1 aromatic heterocycles. The lowest BCUT2D eigenvalue weighted by Crippen LogP contribution is -2.32. The number of benzene rings is 1. The topological polar surface area (TPSA) is 68.0 Å². The Hall–Kier alpha value is -1.88. The maximum absolute atomic E-state index is 11.7. The third-order valence-corrected chi connectivity index (χ3v) is 3.41. The van der Waals surface area contributed by atoms with Crippen LogP contribution in [0.2, 0.25) is 5.02 Å². The fraction of sp³-hybridized carbons (Fsp3) is 0.400. The van der Waals surface area contributed by atoms with Gasteiger partial charge in [-0.15, -0.1) is 0 Å². The second-order valence-corrected chi connectivity index (χ2v) is 5.33. The Balaban J connectivity index is 1.91. The molecule has 0 fully saturated rings. The molecule has 6 heteroatoms. The van der Waals surface area contributed by atoms with Crippen molar-refractivity contribution in [1.82, 2.24) is 15.5 Å². The van der Waals surface area contributed by atoms with E-state index in [1.165, 1.54) is 0 Å². The van der Waals surface area contributed by atoms with Crippen molar-refractivity contribution in [2.75, 3.05) is 0 Å². The van der Waals surface area contributed by atoms with Crippen molar-refractivity contribution >= 4 is 17.5 Å². The summed E-state index contributed by atoms with van der Waals surface area (Å²) >= 11 is 5.83. The maximum Gasteiger partial charge on any atom is 0.227 e. The third kappa shape index (κ3) is 4.56. The van der Waals surface area contributed by atoms with Gasteiger partial charge in [-0.25, -0.2) is 0 Å². The molecule has 1 amide bonds. The van der Waals surface area contributed by atoms with Gasteiger partial charge in [-0.1, -0.05) is 23.7 Å². The minimum absolute atomic E-state index is 0.00408. The first-order valence-corrected chi connectivity index (χ1v) is 7.34. The molecule has 0 aliphatic heterocycles. The summed E-state index contributed by atoms with van der Waals surface area (Å²) in [5.74, 6) is 0.957. The standard InChI is InChI=1S/C15H18ClN3O2/c1-3-10(2)17-13(20)8-9-14-18-15(19-21-14)11-4-6-12(16)7-5-11/h4-7,10H,3,8-9H2,1-2H3,(H,17,20)/t10-/m0/s1. The Bertz CT molecular complexity index is 595. The van der Waals surface area contributed by atoms with Crippen molar-refractivity contribution in [3.8, 4) is 11.4 Å². The fourth-order valence-corrected chi connectivity index (χ4v) is 1.87. The molecule has 0 radical (unpaired) electrons. The summed E-state index contributed by atoms with van der Waals surface area (Å²) in [6, 6.07) is 7.38. The molecule has 0 bridgehead atoms. The van der Waals surface area contributed by atoms with Gasteiger partial charge in [0.2, 0.25) is 17.6 Å². The monoisotopic (exact) mass is 307 g/mol. The Kier molecular flexibility index (Phi) is 5.33. The number of halogens is 1. The Morgan fingerprint density at radius 1 is 1.38 bits per heavy atom. The molecule has 0 saturated carbocycles. The average Bonchev–Trinajstić information content (AvgIpc) is 2.94. The summed E-state index contributed by atoms with van der Waals surface area (Å²) in [6.07, 6.45) is 1.68. The molecule has 0 saturated heterocycles. The number of hydrogen-bond acceptors (Lipinski definition) is 4. The largest absolute Gasteiger partial charge is 0.354 e. The van der Waals surface area contributed by atoms with Crippen LogP contribution in [0.25, 0.3) is 11.4 Å². The molecular weight excluding hydrogens is 290 g/mol. The Morgan fingerprint density at radius 2 is 2.10 bits per heavy atom. The van der Waals surface area contributed by atoms with Crippen molar-refractivity contribution in [3.63, 3.8) is 0 Å². The van der Waals surface area contributed by atoms with Crippen molar-refractivity contribution in [3.05, 3.63) is 35.2 Å². The molecule has 1 aromatic carbocycles. The molecule has 0 aliphatic carbocycles. The number of hydrogen-bond donors (Lipinski definition) is 1. The van der Waals surface area contributed by atoms with Gasteiger partial charge in [0.05, 0.1) is 0 Å². The van der Waals surface area contributed by atoms with Crippen LogP contribution in [0.15, 0.2) is 28.8 Å². The fourth-order valence-electron chi connectivity index (χ4n) is 1.74. The Morgan fingerprint density at radius 3 is 2.76 bits per heavy atom. The minimum Gasteiger partial charge on any atom is -0.354 e. The van der Waals surface area contributed by atoms with Crippen molar-refractivity contribution in [2.24, 2.45) is 0 Å². The van der Waals surface area contributed by atoms with Crippen molar-refractivity contribution in [1.29, 1.82) is 0 Å². The van der Waals surface area contributed by atoms with Crippen LogP contribution in [0.4, 0.5) is 0 Å². The molecule has 1 heterocycles. The average molecular weight is 308 g/mol. The predicted octanol–water partition coefficient (Wildman–Crippen LogP) is 3.24. The van der Waals surface area contributed by atoms with Gasteiger partial charge in [0.1, 0.15) is 0 Å². The summed E-state index contributed by atoms with van der Waals surface area (Å²) < 4.78 is 5.16. The van der Waals surface area contributed by atoms with Gasteiger partial charge in [-0.2, -0.15) is 4.98 Å². The first kappa shape index (κ1) is 15.5. The van der Waals surface area contributed by atoms with Gasteiger partial charge < -0.3 is 9.84 Å². The van der Waals surface area contributed by atoms with Crippen LogP contribution in [0.3, 0.4) is 0 Å². The first-order chi connectivity index (χ1) is 10.1. The summed E-state index contributed by atoms with van der Waals surface area (Å²) in [7, 11) is 0. The zero-order valence-electron chi connectivity index (χ0n) is 12.1. The zero-order chi connectivity index (χ0) is 15.2. The lowest BCUT2D eigenvalue weighted by Gasteiger charge is -2.10. The van der Waals surface area contributed by atoms with Gasteiger partial charge in [0, 0.05) is 29.5 Å². The number of nitrogens with zero attached hydrogens (tertiary/aromatic N) is 2. The molecule has 2 rings (SSSR count). The zero-order valence-corrected chi connectivity index (χ0v) is 12.9. The van der Waals surface area contributed by atoms with E-state index < -0.39 is 0 Å². The van der Waals surface area contributed by atoms with E-state index in [1.54, 1.807) is 12.1 Å². The van der Waals surface area contributed by atoms with Crippen LogP contribution < -0.4 is 5.32 Å². The number of aryl methyl sites for hydroxylation is 1. The molecule has 0 unspecified atom stereocenters. The highest BCUT2D eigenvalue weighted by Crippen LogP contribution is 2.18. The second-order valence-electron chi connectivity index (χ2n) is 4.90. The highest BCUT2D eigenvalue weighted by molar-refractivity contribution is 6.30. The van der Waals surface area contributed by atoms with Gasteiger partial charge in [0.15, 0.2) is 0 Å². The lowest BCUT2D eigenvalue weighted by atomic mass is 10.2. The lowest BCUT2D eigenvalue weighted by molar-refractivity contribution is -0.121. The molecule has 0 aliphatic rings. The van der Waals surface area contributed by atoms with Crippen molar-refractivity contribution in [2.45, 2.75) is 39.2 Å². The summed E-state index contributed by atoms with van der Waals surface area (Å²) in [5.41, 5.74) is 0.832. The van der Waals surface area contributed by atoms with Crippen LogP contribution in [-0.4, -0.2) is 22.1 Å². The molecule has 5 nitrogen and oxygen atoms in total. The summed E-state index contributed by atoms with van der Waals surface area (Å²) in [4.78, 5) is 16.0. The van der Waals surface area contributed by atoms with Crippen LogP contribution >= 0.6 is 11.6 Å². The van der Waals surface area contributed by atoms with E-state index in [9.17, 15) is 4.79 Å². The van der Waals surface area contributed by atoms with Gasteiger partial charge >= 0.3 is 0 Å². The molecular formula is C15H18ClN3O2.